The second-order valence-electron chi connectivity index (χ2n) is 6.96. The number of aromatic nitrogens is 2. The van der Waals surface area contributed by atoms with E-state index in [0.29, 0.717) is 32.0 Å². The summed E-state index contributed by atoms with van der Waals surface area (Å²) >= 11 is 0. The van der Waals surface area contributed by atoms with Crippen LogP contribution in [0.5, 0.6) is 5.88 Å². The Morgan fingerprint density at radius 2 is 2.08 bits per heavy atom. The number of hydrogen-bond acceptors (Lipinski definition) is 5. The Morgan fingerprint density at radius 3 is 2.75 bits per heavy atom. The van der Waals surface area contributed by atoms with Crippen molar-refractivity contribution in [1.82, 2.24) is 14.9 Å². The molecule has 2 aliphatic heterocycles. The van der Waals surface area contributed by atoms with Crippen molar-refractivity contribution in [2.24, 2.45) is 5.92 Å². The van der Waals surface area contributed by atoms with Crippen LogP contribution in [0.15, 0.2) is 18.6 Å². The van der Waals surface area contributed by atoms with Gasteiger partial charge in [-0.1, -0.05) is 0 Å². The Kier molecular flexibility index (Phi) is 3.67. The van der Waals surface area contributed by atoms with E-state index in [2.05, 4.69) is 9.97 Å². The average molecular weight is 339 g/mol. The first-order valence-electron chi connectivity index (χ1n) is 8.18. The molecule has 1 saturated carbocycles. The van der Waals surface area contributed by atoms with E-state index < -0.39 is 17.4 Å². The zero-order valence-electron chi connectivity index (χ0n) is 13.2. The summed E-state index contributed by atoms with van der Waals surface area (Å²) in [5.41, 5.74) is -0.410. The van der Waals surface area contributed by atoms with Crippen LogP contribution in [-0.2, 0) is 9.53 Å². The minimum absolute atomic E-state index is 0.0410. The average Bonchev–Trinajstić information content (AvgIpc) is 2.51. The number of ether oxygens (including phenoxy) is 2. The maximum atomic E-state index is 12.9. The Balaban J connectivity index is 1.30. The Hall–Kier alpha value is -1.83. The van der Waals surface area contributed by atoms with Gasteiger partial charge in [-0.05, 0) is 0 Å². The summed E-state index contributed by atoms with van der Waals surface area (Å²) in [4.78, 5) is 21.9. The van der Waals surface area contributed by atoms with Crippen molar-refractivity contribution >= 4 is 5.91 Å². The third-order valence-corrected chi connectivity index (χ3v) is 4.98. The minimum atomic E-state index is -2.67. The molecule has 3 heterocycles. The molecule has 130 valence electrons. The van der Waals surface area contributed by atoms with Crippen LogP contribution in [0.3, 0.4) is 0 Å². The van der Waals surface area contributed by atoms with Crippen LogP contribution in [0.4, 0.5) is 8.78 Å². The van der Waals surface area contributed by atoms with Gasteiger partial charge in [0.05, 0.1) is 25.9 Å². The first-order chi connectivity index (χ1) is 11.4. The SMILES string of the molecule is O=C(C1CC(F)(F)C1)N1CC2(CC(Oc3cnccn3)CCO2)C1. The van der Waals surface area contributed by atoms with Gasteiger partial charge in [0.15, 0.2) is 0 Å². The van der Waals surface area contributed by atoms with Gasteiger partial charge in [-0.25, -0.2) is 13.8 Å². The predicted molar refractivity (Wildman–Crippen MR) is 78.6 cm³/mol. The predicted octanol–water partition coefficient (Wildman–Crippen LogP) is 1.66. The maximum absolute atomic E-state index is 12.9. The standard InChI is InChI=1S/C16H19F2N3O3/c17-16(18)5-11(6-16)14(22)21-9-15(10-21)7-12(1-4-23-15)24-13-8-19-2-3-20-13/h2-3,8,11-12H,1,4-7,9-10H2. The summed E-state index contributed by atoms with van der Waals surface area (Å²) in [6, 6.07) is 0. The van der Waals surface area contributed by atoms with Gasteiger partial charge in [0.2, 0.25) is 17.7 Å². The number of likely N-dealkylation sites (tertiary alicyclic amines) is 1. The molecule has 3 fully saturated rings. The molecule has 8 heteroatoms. The van der Waals surface area contributed by atoms with E-state index in [1.165, 1.54) is 0 Å². The maximum Gasteiger partial charge on any atom is 0.249 e. The molecular formula is C16H19F2N3O3. The van der Waals surface area contributed by atoms with Gasteiger partial charge in [-0.15, -0.1) is 0 Å². The Morgan fingerprint density at radius 1 is 1.29 bits per heavy atom. The van der Waals surface area contributed by atoms with Crippen molar-refractivity contribution in [3.05, 3.63) is 18.6 Å². The van der Waals surface area contributed by atoms with Gasteiger partial charge in [0.25, 0.3) is 0 Å². The van der Waals surface area contributed by atoms with Crippen molar-refractivity contribution in [2.75, 3.05) is 19.7 Å². The van der Waals surface area contributed by atoms with E-state index in [1.807, 2.05) is 0 Å². The van der Waals surface area contributed by atoms with Crippen LogP contribution in [-0.4, -0.2) is 58.1 Å². The zero-order valence-corrected chi connectivity index (χ0v) is 13.2. The largest absolute Gasteiger partial charge is 0.473 e. The molecule has 24 heavy (non-hydrogen) atoms. The molecule has 1 amide bonds. The third-order valence-electron chi connectivity index (χ3n) is 4.98. The number of carbonyl (C=O) groups excluding carboxylic acids is 1. The van der Waals surface area contributed by atoms with E-state index in [4.69, 9.17) is 9.47 Å². The summed E-state index contributed by atoms with van der Waals surface area (Å²) < 4.78 is 37.5. The van der Waals surface area contributed by atoms with Crippen LogP contribution < -0.4 is 4.74 Å². The third kappa shape index (κ3) is 2.94. The molecule has 4 rings (SSSR count). The Labute approximate surface area is 138 Å². The van der Waals surface area contributed by atoms with Crippen LogP contribution in [0.2, 0.25) is 0 Å². The van der Waals surface area contributed by atoms with Crippen molar-refractivity contribution < 1.29 is 23.0 Å². The van der Waals surface area contributed by atoms with E-state index in [0.717, 1.165) is 6.42 Å². The van der Waals surface area contributed by atoms with Crippen molar-refractivity contribution in [3.8, 4) is 5.88 Å². The van der Waals surface area contributed by atoms with Crippen molar-refractivity contribution in [1.29, 1.82) is 0 Å². The van der Waals surface area contributed by atoms with Gasteiger partial charge < -0.3 is 14.4 Å². The van der Waals surface area contributed by atoms with Crippen LogP contribution in [0.25, 0.3) is 0 Å². The molecule has 1 unspecified atom stereocenters. The van der Waals surface area contributed by atoms with E-state index >= 15 is 0 Å². The molecule has 0 radical (unpaired) electrons. The number of amides is 1. The highest BCUT2D eigenvalue weighted by molar-refractivity contribution is 5.81. The van der Waals surface area contributed by atoms with Gasteiger partial charge in [-0.3, -0.25) is 9.78 Å². The molecular weight excluding hydrogens is 320 g/mol. The molecule has 6 nitrogen and oxygen atoms in total. The highest BCUT2D eigenvalue weighted by Crippen LogP contribution is 2.45. The highest BCUT2D eigenvalue weighted by atomic mass is 19.3. The Bertz CT molecular complexity index is 614. The summed E-state index contributed by atoms with van der Waals surface area (Å²) in [7, 11) is 0. The van der Waals surface area contributed by atoms with Gasteiger partial charge in [0.1, 0.15) is 11.7 Å². The van der Waals surface area contributed by atoms with Crippen LogP contribution in [0, 0.1) is 5.92 Å². The minimum Gasteiger partial charge on any atom is -0.473 e. The first-order valence-corrected chi connectivity index (χ1v) is 8.18. The van der Waals surface area contributed by atoms with Crippen LogP contribution in [0.1, 0.15) is 25.7 Å². The summed E-state index contributed by atoms with van der Waals surface area (Å²) in [6.45, 7) is 1.46. The molecule has 1 aromatic heterocycles. The molecule has 1 spiro atoms. The van der Waals surface area contributed by atoms with Crippen molar-refractivity contribution in [3.63, 3.8) is 0 Å². The molecule has 0 bridgehead atoms. The lowest BCUT2D eigenvalue weighted by atomic mass is 9.77. The molecule has 1 aromatic rings. The monoisotopic (exact) mass is 339 g/mol. The fourth-order valence-corrected chi connectivity index (χ4v) is 3.72. The fourth-order valence-electron chi connectivity index (χ4n) is 3.72. The number of halogens is 2. The molecule has 1 aliphatic carbocycles. The molecule has 0 aromatic carbocycles. The number of hydrogen-bond donors (Lipinski definition) is 0. The number of carbonyl (C=O) groups is 1. The van der Waals surface area contributed by atoms with Crippen LogP contribution >= 0.6 is 0 Å². The summed E-state index contributed by atoms with van der Waals surface area (Å²) in [5.74, 6) is -2.90. The summed E-state index contributed by atoms with van der Waals surface area (Å²) in [6.07, 6.45) is 5.44. The topological polar surface area (TPSA) is 64.6 Å². The van der Waals surface area contributed by atoms with E-state index in [1.54, 1.807) is 23.5 Å². The van der Waals surface area contributed by atoms with Gasteiger partial charge in [-0.2, -0.15) is 0 Å². The quantitative estimate of drug-likeness (QED) is 0.838. The molecule has 2 saturated heterocycles. The zero-order chi connectivity index (χ0) is 16.8. The lowest BCUT2D eigenvalue weighted by molar-refractivity contribution is -0.204. The van der Waals surface area contributed by atoms with Gasteiger partial charge >= 0.3 is 0 Å². The lowest BCUT2D eigenvalue weighted by Gasteiger charge is -2.54. The number of rotatable bonds is 3. The number of alkyl halides is 2. The molecule has 0 N–H and O–H groups in total. The molecule has 1 atom stereocenters. The highest BCUT2D eigenvalue weighted by Gasteiger charge is 2.55. The normalized spacial score (nSPS) is 28.1. The van der Waals surface area contributed by atoms with Gasteiger partial charge in [0, 0.05) is 44.0 Å². The van der Waals surface area contributed by atoms with E-state index in [-0.39, 0.29) is 24.9 Å². The second kappa shape index (κ2) is 5.61. The molecule has 3 aliphatic rings. The second-order valence-corrected chi connectivity index (χ2v) is 6.96. The van der Waals surface area contributed by atoms with Crippen molar-refractivity contribution in [2.45, 2.75) is 43.3 Å². The lowest BCUT2D eigenvalue weighted by Crippen LogP contribution is -2.69. The van der Waals surface area contributed by atoms with E-state index in [9.17, 15) is 13.6 Å². The number of nitrogens with zero attached hydrogens (tertiary/aromatic N) is 3. The summed E-state index contributed by atoms with van der Waals surface area (Å²) in [5, 5.41) is 0. The fraction of sp³-hybridized carbons (Fsp3) is 0.688. The smallest absolute Gasteiger partial charge is 0.249 e. The first kappa shape index (κ1) is 15.7.